The number of imidazole rings is 1. The van der Waals surface area contributed by atoms with Crippen molar-refractivity contribution in [2.24, 2.45) is 5.73 Å². The summed E-state index contributed by atoms with van der Waals surface area (Å²) in [6.07, 6.45) is 3.51. The van der Waals surface area contributed by atoms with Gasteiger partial charge in [0.1, 0.15) is 0 Å². The van der Waals surface area contributed by atoms with Gasteiger partial charge in [-0.3, -0.25) is 14.5 Å². The molecular formula is C28H33N5O3. The summed E-state index contributed by atoms with van der Waals surface area (Å²) in [6, 6.07) is 15.0. The van der Waals surface area contributed by atoms with Crippen LogP contribution in [0.3, 0.4) is 0 Å². The molecule has 2 heterocycles. The van der Waals surface area contributed by atoms with Crippen molar-refractivity contribution in [2.45, 2.75) is 26.3 Å². The average molecular weight is 488 g/mol. The average Bonchev–Trinajstić information content (AvgIpc) is 3.29. The predicted octanol–water partition coefficient (Wildman–Crippen LogP) is 2.98. The number of piperidine rings is 1. The number of H-pyrrole nitrogens is 1. The number of carbonyl (C=O) groups excluding carboxylic acids is 2. The zero-order valence-corrected chi connectivity index (χ0v) is 20.8. The highest BCUT2D eigenvalue weighted by Crippen LogP contribution is 2.33. The summed E-state index contributed by atoms with van der Waals surface area (Å²) in [6.45, 7) is 4.87. The standard InChI is InChI=1S/C28H33N5O3/c1-19-25(31-18-30-19)17-33-12-10-21(11-13-33)26(23-4-3-5-24(16-23)27(29)35)20-6-8-22(9-7-20)28(36)32(2)14-15-34/h3-9,16,18,34H,10-15,17H2,1-2H3,(H2,29,35)(H,30,31). The molecule has 1 fully saturated rings. The van der Waals surface area contributed by atoms with Gasteiger partial charge < -0.3 is 20.7 Å². The topological polar surface area (TPSA) is 116 Å². The van der Waals surface area contributed by atoms with E-state index in [2.05, 4.69) is 14.9 Å². The molecule has 1 saturated heterocycles. The number of likely N-dealkylation sites (N-methyl/N-ethyl adjacent to an activating group) is 1. The summed E-state index contributed by atoms with van der Waals surface area (Å²) >= 11 is 0. The number of aliphatic hydroxyl groups is 1. The van der Waals surface area contributed by atoms with Crippen LogP contribution in [-0.4, -0.2) is 70.0 Å². The highest BCUT2D eigenvalue weighted by molar-refractivity contribution is 5.96. The maximum atomic E-state index is 12.6. The zero-order chi connectivity index (χ0) is 25.7. The second-order valence-corrected chi connectivity index (χ2v) is 9.20. The number of hydrogen-bond donors (Lipinski definition) is 3. The van der Waals surface area contributed by atoms with E-state index in [1.807, 2.05) is 49.4 Å². The highest BCUT2D eigenvalue weighted by Gasteiger charge is 2.21. The minimum atomic E-state index is -0.460. The lowest BCUT2D eigenvalue weighted by Crippen LogP contribution is -2.31. The minimum Gasteiger partial charge on any atom is -0.395 e. The molecule has 0 radical (unpaired) electrons. The summed E-state index contributed by atoms with van der Waals surface area (Å²) in [7, 11) is 1.67. The highest BCUT2D eigenvalue weighted by atomic mass is 16.3. The van der Waals surface area contributed by atoms with Gasteiger partial charge in [0.25, 0.3) is 5.91 Å². The summed E-state index contributed by atoms with van der Waals surface area (Å²) in [5.41, 5.74) is 13.1. The number of amides is 2. The molecule has 36 heavy (non-hydrogen) atoms. The number of aryl methyl sites for hydroxylation is 1. The number of nitrogens with one attached hydrogen (secondary N) is 1. The van der Waals surface area contributed by atoms with Gasteiger partial charge in [0.2, 0.25) is 5.91 Å². The Morgan fingerprint density at radius 1 is 1.06 bits per heavy atom. The van der Waals surface area contributed by atoms with Crippen molar-refractivity contribution in [3.8, 4) is 0 Å². The minimum absolute atomic E-state index is 0.0799. The van der Waals surface area contributed by atoms with Gasteiger partial charge in [-0.1, -0.05) is 29.8 Å². The molecule has 2 aromatic carbocycles. The normalized spacial score (nSPS) is 14.0. The van der Waals surface area contributed by atoms with Gasteiger partial charge in [-0.15, -0.1) is 0 Å². The van der Waals surface area contributed by atoms with Crippen molar-refractivity contribution in [1.82, 2.24) is 19.8 Å². The lowest BCUT2D eigenvalue weighted by Gasteiger charge is -2.30. The third-order valence-corrected chi connectivity index (χ3v) is 6.76. The molecule has 0 spiro atoms. The second-order valence-electron chi connectivity index (χ2n) is 9.20. The number of aliphatic hydroxyl groups excluding tert-OH is 1. The molecule has 4 rings (SSSR count). The first-order valence-electron chi connectivity index (χ1n) is 12.2. The third kappa shape index (κ3) is 5.72. The van der Waals surface area contributed by atoms with Crippen molar-refractivity contribution in [2.75, 3.05) is 33.3 Å². The van der Waals surface area contributed by atoms with Gasteiger partial charge >= 0.3 is 0 Å². The molecule has 3 aromatic rings. The van der Waals surface area contributed by atoms with Crippen molar-refractivity contribution < 1.29 is 14.7 Å². The molecule has 1 aromatic heterocycles. The van der Waals surface area contributed by atoms with Crippen LogP contribution < -0.4 is 5.73 Å². The van der Waals surface area contributed by atoms with E-state index in [1.54, 1.807) is 19.4 Å². The van der Waals surface area contributed by atoms with Gasteiger partial charge in [-0.25, -0.2) is 4.98 Å². The molecule has 8 heteroatoms. The molecule has 0 atom stereocenters. The molecule has 1 aliphatic rings. The molecule has 4 N–H and O–H groups in total. The number of aromatic amines is 1. The van der Waals surface area contributed by atoms with E-state index in [1.165, 1.54) is 10.5 Å². The first-order chi connectivity index (χ1) is 17.4. The number of rotatable bonds is 8. The lowest BCUT2D eigenvalue weighted by molar-refractivity contribution is 0.0766. The number of nitrogens with two attached hydrogens (primary N) is 1. The Morgan fingerprint density at radius 2 is 1.72 bits per heavy atom. The number of carbonyl (C=O) groups is 2. The van der Waals surface area contributed by atoms with Gasteiger partial charge in [0, 0.05) is 50.0 Å². The Kier molecular flexibility index (Phi) is 7.97. The summed E-state index contributed by atoms with van der Waals surface area (Å²) < 4.78 is 0. The zero-order valence-electron chi connectivity index (χ0n) is 20.8. The summed E-state index contributed by atoms with van der Waals surface area (Å²) in [5.74, 6) is -0.597. The number of hydrogen-bond acceptors (Lipinski definition) is 5. The van der Waals surface area contributed by atoms with E-state index in [0.717, 1.165) is 60.6 Å². The number of benzene rings is 2. The Labute approximate surface area is 211 Å². The molecule has 8 nitrogen and oxygen atoms in total. The Balaban J connectivity index is 1.64. The lowest BCUT2D eigenvalue weighted by atomic mass is 9.87. The fourth-order valence-corrected chi connectivity index (χ4v) is 4.64. The summed E-state index contributed by atoms with van der Waals surface area (Å²) in [4.78, 5) is 36.0. The second kappa shape index (κ2) is 11.3. The van der Waals surface area contributed by atoms with Crippen LogP contribution in [0.2, 0.25) is 0 Å². The van der Waals surface area contributed by atoms with Gasteiger partial charge in [0.05, 0.1) is 18.6 Å². The Bertz CT molecular complexity index is 1250. The maximum Gasteiger partial charge on any atom is 0.253 e. The number of aromatic nitrogens is 2. The largest absolute Gasteiger partial charge is 0.395 e. The van der Waals surface area contributed by atoms with Crippen LogP contribution in [0.4, 0.5) is 0 Å². The molecular weight excluding hydrogens is 454 g/mol. The third-order valence-electron chi connectivity index (χ3n) is 6.76. The van der Waals surface area contributed by atoms with E-state index in [4.69, 9.17) is 10.8 Å². The fourth-order valence-electron chi connectivity index (χ4n) is 4.64. The van der Waals surface area contributed by atoms with Crippen LogP contribution in [0.25, 0.3) is 5.57 Å². The van der Waals surface area contributed by atoms with E-state index in [9.17, 15) is 9.59 Å². The monoisotopic (exact) mass is 487 g/mol. The first-order valence-corrected chi connectivity index (χ1v) is 12.2. The molecule has 188 valence electrons. The molecule has 0 aliphatic carbocycles. The van der Waals surface area contributed by atoms with Crippen LogP contribution in [-0.2, 0) is 6.54 Å². The van der Waals surface area contributed by atoms with Gasteiger partial charge in [0.15, 0.2) is 0 Å². The number of nitrogens with zero attached hydrogens (tertiary/aromatic N) is 3. The van der Waals surface area contributed by atoms with E-state index in [0.29, 0.717) is 11.1 Å². The van der Waals surface area contributed by atoms with Crippen molar-refractivity contribution in [3.63, 3.8) is 0 Å². The first kappa shape index (κ1) is 25.3. The van der Waals surface area contributed by atoms with Crippen LogP contribution in [0.5, 0.6) is 0 Å². The maximum absolute atomic E-state index is 12.6. The Morgan fingerprint density at radius 3 is 2.33 bits per heavy atom. The quantitative estimate of drug-likeness (QED) is 0.452. The molecule has 0 saturated carbocycles. The predicted molar refractivity (Wildman–Crippen MR) is 139 cm³/mol. The van der Waals surface area contributed by atoms with Crippen molar-refractivity contribution in [1.29, 1.82) is 0 Å². The van der Waals surface area contributed by atoms with Crippen LogP contribution in [0.15, 0.2) is 60.4 Å². The number of primary amides is 1. The molecule has 2 amide bonds. The van der Waals surface area contributed by atoms with Gasteiger partial charge in [-0.05, 0) is 60.7 Å². The van der Waals surface area contributed by atoms with Crippen molar-refractivity contribution >= 4 is 17.4 Å². The van der Waals surface area contributed by atoms with Crippen LogP contribution >= 0.6 is 0 Å². The molecule has 1 aliphatic heterocycles. The fraction of sp³-hybridized carbons (Fsp3) is 0.321. The molecule has 0 bridgehead atoms. The Hall–Kier alpha value is -3.75. The molecule has 0 unspecified atom stereocenters. The van der Waals surface area contributed by atoms with Crippen LogP contribution in [0.1, 0.15) is 56.1 Å². The van der Waals surface area contributed by atoms with E-state index in [-0.39, 0.29) is 19.1 Å². The SMILES string of the molecule is Cc1[nH]cnc1CN1CCC(=C(c2ccc(C(=O)N(C)CCO)cc2)c2cccc(C(N)=O)c2)CC1. The van der Waals surface area contributed by atoms with Gasteiger partial charge in [-0.2, -0.15) is 0 Å². The number of likely N-dealkylation sites (tertiary alicyclic amines) is 1. The van der Waals surface area contributed by atoms with Crippen molar-refractivity contribution in [3.05, 3.63) is 94.1 Å². The smallest absolute Gasteiger partial charge is 0.253 e. The van der Waals surface area contributed by atoms with Crippen LogP contribution in [0, 0.1) is 6.92 Å². The van der Waals surface area contributed by atoms with E-state index < -0.39 is 5.91 Å². The van der Waals surface area contributed by atoms with E-state index >= 15 is 0 Å². The summed E-state index contributed by atoms with van der Waals surface area (Å²) in [5, 5.41) is 9.14.